The van der Waals surface area contributed by atoms with Crippen LogP contribution in [0.15, 0.2) is 27.9 Å². The van der Waals surface area contributed by atoms with Crippen molar-refractivity contribution in [1.29, 1.82) is 0 Å². The molecule has 31 heavy (non-hydrogen) atoms. The van der Waals surface area contributed by atoms with Crippen LogP contribution in [0.25, 0.3) is 11.0 Å². The topological polar surface area (TPSA) is 55.2 Å². The summed E-state index contributed by atoms with van der Waals surface area (Å²) in [6.45, 7) is 16.8. The van der Waals surface area contributed by atoms with E-state index in [1.807, 2.05) is 6.92 Å². The fourth-order valence-electron chi connectivity index (χ4n) is 4.03. The zero-order valence-electron chi connectivity index (χ0n) is 18.8. The molecule has 2 heterocycles. The van der Waals surface area contributed by atoms with Crippen molar-refractivity contribution in [2.45, 2.75) is 33.7 Å². The maximum absolute atomic E-state index is 12.8. The van der Waals surface area contributed by atoms with E-state index in [1.165, 1.54) is 0 Å². The second-order valence-electron chi connectivity index (χ2n) is 7.81. The maximum Gasteiger partial charge on any atom is 0.339 e. The molecule has 1 fully saturated rings. The Kier molecular flexibility index (Phi) is 8.55. The van der Waals surface area contributed by atoms with Crippen LogP contribution in [0.2, 0.25) is 5.02 Å². The minimum atomic E-state index is -0.324. The molecule has 1 aliphatic heterocycles. The third-order valence-corrected chi connectivity index (χ3v) is 6.31. The van der Waals surface area contributed by atoms with Gasteiger partial charge in [0.2, 0.25) is 0 Å². The van der Waals surface area contributed by atoms with Gasteiger partial charge in [-0.15, -0.1) is 0 Å². The Bertz CT molecular complexity index is 962. The Labute approximate surface area is 189 Å². The van der Waals surface area contributed by atoms with Gasteiger partial charge in [-0.3, -0.25) is 4.90 Å². The van der Waals surface area contributed by atoms with Crippen molar-refractivity contribution in [3.05, 3.63) is 50.9 Å². The minimum absolute atomic E-state index is 0.324. The molecular formula is C24H33ClN2O4. The molecule has 6 nitrogen and oxygen atoms in total. The van der Waals surface area contributed by atoms with Crippen molar-refractivity contribution in [1.82, 2.24) is 9.80 Å². The SMILES string of the molecule is C=CCOc1c(CN2CCOCC2)cc2c(C)c(CCN(CC)CC)c(=O)oc2c1Cl. The van der Waals surface area contributed by atoms with E-state index in [0.29, 0.717) is 54.7 Å². The van der Waals surface area contributed by atoms with Crippen molar-refractivity contribution in [2.75, 3.05) is 52.5 Å². The third kappa shape index (κ3) is 5.50. The summed E-state index contributed by atoms with van der Waals surface area (Å²) in [6.07, 6.45) is 2.33. The largest absolute Gasteiger partial charge is 0.487 e. The van der Waals surface area contributed by atoms with E-state index in [9.17, 15) is 4.79 Å². The highest BCUT2D eigenvalue weighted by Gasteiger charge is 2.22. The second-order valence-corrected chi connectivity index (χ2v) is 8.19. The molecule has 0 saturated carbocycles. The normalized spacial score (nSPS) is 15.0. The van der Waals surface area contributed by atoms with E-state index in [-0.39, 0.29) is 5.63 Å². The Morgan fingerprint density at radius 3 is 2.65 bits per heavy atom. The average Bonchev–Trinajstić information content (AvgIpc) is 2.77. The first-order valence-electron chi connectivity index (χ1n) is 11.0. The van der Waals surface area contributed by atoms with Gasteiger partial charge in [-0.2, -0.15) is 0 Å². The quantitative estimate of drug-likeness (QED) is 0.404. The molecule has 0 unspecified atom stereocenters. The van der Waals surface area contributed by atoms with Crippen LogP contribution in [0.1, 0.15) is 30.5 Å². The van der Waals surface area contributed by atoms with Gasteiger partial charge in [0.1, 0.15) is 17.4 Å². The molecule has 3 rings (SSSR count). The van der Waals surface area contributed by atoms with Gasteiger partial charge in [-0.25, -0.2) is 4.79 Å². The summed E-state index contributed by atoms with van der Waals surface area (Å²) in [6, 6.07) is 2.06. The molecule has 1 aromatic carbocycles. The van der Waals surface area contributed by atoms with E-state index in [1.54, 1.807) is 6.08 Å². The number of fused-ring (bicyclic) bond motifs is 1. The van der Waals surface area contributed by atoms with Gasteiger partial charge in [-0.05, 0) is 38.1 Å². The smallest absolute Gasteiger partial charge is 0.339 e. The summed E-state index contributed by atoms with van der Waals surface area (Å²) in [5.74, 6) is 0.555. The molecule has 0 N–H and O–H groups in total. The molecule has 2 aromatic rings. The molecule has 0 spiro atoms. The molecule has 1 aliphatic rings. The summed E-state index contributed by atoms with van der Waals surface area (Å²) in [5, 5.41) is 1.21. The predicted octanol–water partition coefficient (Wildman–Crippen LogP) is 4.04. The lowest BCUT2D eigenvalue weighted by Gasteiger charge is -2.27. The summed E-state index contributed by atoms with van der Waals surface area (Å²) in [4.78, 5) is 17.4. The predicted molar refractivity (Wildman–Crippen MR) is 126 cm³/mol. The van der Waals surface area contributed by atoms with E-state index in [0.717, 1.165) is 49.2 Å². The number of morpholine rings is 1. The summed E-state index contributed by atoms with van der Waals surface area (Å²) in [5.41, 5.74) is 2.69. The number of hydrogen-bond donors (Lipinski definition) is 0. The van der Waals surface area contributed by atoms with Gasteiger partial charge in [0, 0.05) is 42.7 Å². The van der Waals surface area contributed by atoms with E-state index in [4.69, 9.17) is 25.5 Å². The minimum Gasteiger partial charge on any atom is -0.487 e. The Morgan fingerprint density at radius 1 is 1.29 bits per heavy atom. The van der Waals surface area contributed by atoms with Crippen LogP contribution in [-0.2, 0) is 17.7 Å². The Morgan fingerprint density at radius 2 is 2.00 bits per heavy atom. The number of benzene rings is 1. The van der Waals surface area contributed by atoms with Gasteiger partial charge < -0.3 is 18.8 Å². The molecular weight excluding hydrogens is 416 g/mol. The highest BCUT2D eigenvalue weighted by atomic mass is 35.5. The Balaban J connectivity index is 2.05. The van der Waals surface area contributed by atoms with Crippen molar-refractivity contribution >= 4 is 22.6 Å². The summed E-state index contributed by atoms with van der Waals surface area (Å²) < 4.78 is 17.1. The number of ether oxygens (including phenoxy) is 2. The zero-order valence-corrected chi connectivity index (χ0v) is 19.6. The van der Waals surface area contributed by atoms with Gasteiger partial charge in [0.15, 0.2) is 5.58 Å². The number of rotatable bonds is 10. The number of likely N-dealkylation sites (N-methyl/N-ethyl adjacent to an activating group) is 1. The van der Waals surface area contributed by atoms with Crippen LogP contribution < -0.4 is 10.4 Å². The first-order chi connectivity index (χ1) is 15.0. The van der Waals surface area contributed by atoms with Crippen molar-refractivity contribution in [3.63, 3.8) is 0 Å². The zero-order chi connectivity index (χ0) is 22.4. The number of nitrogens with zero attached hydrogens (tertiary/aromatic N) is 2. The van der Waals surface area contributed by atoms with Gasteiger partial charge in [0.25, 0.3) is 0 Å². The standard InChI is InChI=1S/C24H33ClN2O4/c1-5-12-30-22-18(16-27-10-13-29-14-11-27)15-20-17(4)19(8-9-26(6-2)7-3)24(28)31-23(20)21(22)25/h5,15H,1,6-14,16H2,2-4H3. The van der Waals surface area contributed by atoms with E-state index < -0.39 is 0 Å². The number of aryl methyl sites for hydroxylation is 1. The lowest BCUT2D eigenvalue weighted by Crippen LogP contribution is -2.35. The van der Waals surface area contributed by atoms with Crippen LogP contribution >= 0.6 is 11.6 Å². The highest BCUT2D eigenvalue weighted by molar-refractivity contribution is 6.36. The lowest BCUT2D eigenvalue weighted by atomic mass is 10.0. The highest BCUT2D eigenvalue weighted by Crippen LogP contribution is 2.38. The molecule has 0 amide bonds. The molecule has 1 aromatic heterocycles. The monoisotopic (exact) mass is 448 g/mol. The number of hydrogen-bond acceptors (Lipinski definition) is 6. The maximum atomic E-state index is 12.8. The average molecular weight is 449 g/mol. The molecule has 0 aliphatic carbocycles. The first-order valence-corrected chi connectivity index (χ1v) is 11.4. The van der Waals surface area contributed by atoms with Gasteiger partial charge >= 0.3 is 5.63 Å². The van der Waals surface area contributed by atoms with Crippen LogP contribution in [0.3, 0.4) is 0 Å². The van der Waals surface area contributed by atoms with Crippen LogP contribution in [-0.4, -0.2) is 62.3 Å². The van der Waals surface area contributed by atoms with Crippen molar-refractivity contribution in [2.24, 2.45) is 0 Å². The Hall–Kier alpha value is -1.86. The molecule has 170 valence electrons. The van der Waals surface area contributed by atoms with Crippen molar-refractivity contribution in [3.8, 4) is 5.75 Å². The molecule has 0 bridgehead atoms. The van der Waals surface area contributed by atoms with Crippen LogP contribution in [0.5, 0.6) is 5.75 Å². The van der Waals surface area contributed by atoms with E-state index in [2.05, 4.69) is 36.3 Å². The number of halogens is 1. The first kappa shape index (κ1) is 23.8. The molecule has 0 radical (unpaired) electrons. The second kappa shape index (κ2) is 11.1. The van der Waals surface area contributed by atoms with E-state index >= 15 is 0 Å². The lowest BCUT2D eigenvalue weighted by molar-refractivity contribution is 0.0338. The van der Waals surface area contributed by atoms with Crippen molar-refractivity contribution < 1.29 is 13.9 Å². The molecule has 0 atom stereocenters. The van der Waals surface area contributed by atoms with Crippen LogP contribution in [0, 0.1) is 6.92 Å². The summed E-state index contributed by atoms with van der Waals surface area (Å²) >= 11 is 6.73. The molecule has 1 saturated heterocycles. The third-order valence-electron chi connectivity index (χ3n) is 5.97. The van der Waals surface area contributed by atoms with Gasteiger partial charge in [0.05, 0.1) is 13.2 Å². The van der Waals surface area contributed by atoms with Crippen LogP contribution in [0.4, 0.5) is 0 Å². The van der Waals surface area contributed by atoms with Gasteiger partial charge in [-0.1, -0.05) is 38.1 Å². The fraction of sp³-hybridized carbons (Fsp3) is 0.542. The fourth-order valence-corrected chi connectivity index (χ4v) is 4.35. The summed E-state index contributed by atoms with van der Waals surface area (Å²) in [7, 11) is 0. The molecule has 7 heteroatoms.